The van der Waals surface area contributed by atoms with Crippen LogP contribution in [0.5, 0.6) is 0 Å². The van der Waals surface area contributed by atoms with Crippen molar-refractivity contribution in [3.05, 3.63) is 36.5 Å². The van der Waals surface area contributed by atoms with Gasteiger partial charge in [0.2, 0.25) is 0 Å². The largest absolute Gasteiger partial charge is 0.462 e. The number of hydrogen-bond acceptors (Lipinski definition) is 10. The summed E-state index contributed by atoms with van der Waals surface area (Å²) < 4.78 is 22.1. The van der Waals surface area contributed by atoms with Crippen LogP contribution in [0.2, 0.25) is 0 Å². The second-order valence-corrected chi connectivity index (χ2v) is 15.1. The van der Waals surface area contributed by atoms with Crippen molar-refractivity contribution in [2.45, 2.75) is 218 Å². The minimum absolute atomic E-state index is 0.224. The third kappa shape index (κ3) is 28.0. The van der Waals surface area contributed by atoms with Gasteiger partial charge in [-0.3, -0.25) is 9.59 Å². The molecule has 55 heavy (non-hydrogen) atoms. The molecular formula is C45H80O10. The lowest BCUT2D eigenvalue weighted by atomic mass is 9.99. The molecule has 0 saturated carbocycles. The number of aliphatic hydroxyl groups is 4. The van der Waals surface area contributed by atoms with Gasteiger partial charge >= 0.3 is 11.9 Å². The van der Waals surface area contributed by atoms with Crippen molar-refractivity contribution in [3.8, 4) is 0 Å². The standard InChI is InChI=1S/C45H80O10/c1-3-5-7-9-11-13-15-17-19-21-23-25-27-29-31-33-40(47)52-36-38(37-53-45-44(51)43(50)42(49)39(35-46)55-45)54-41(48)34-32-30-28-26-24-22-20-18-16-14-12-10-8-6-4-2/h10-13,17,19,38-39,42-46,49-51H,3-9,14-16,18,20-37H2,1-2H3/b12-10+,13-11+,19-17+/t38-,39-,42+,43?,44?,45-/m0/s1. The second kappa shape index (κ2) is 36.3. The summed E-state index contributed by atoms with van der Waals surface area (Å²) in [6.45, 7) is 3.35. The summed E-state index contributed by atoms with van der Waals surface area (Å²) >= 11 is 0. The van der Waals surface area contributed by atoms with Crippen molar-refractivity contribution >= 4 is 11.9 Å². The van der Waals surface area contributed by atoms with Gasteiger partial charge in [-0.15, -0.1) is 0 Å². The van der Waals surface area contributed by atoms with Crippen molar-refractivity contribution < 1.29 is 49.0 Å². The highest BCUT2D eigenvalue weighted by atomic mass is 16.7. The summed E-state index contributed by atoms with van der Waals surface area (Å²) in [6.07, 6.45) is 32.9. The van der Waals surface area contributed by atoms with Gasteiger partial charge in [0.25, 0.3) is 0 Å². The maximum atomic E-state index is 12.8. The molecule has 1 saturated heterocycles. The van der Waals surface area contributed by atoms with E-state index in [0.29, 0.717) is 12.8 Å². The zero-order chi connectivity index (χ0) is 40.2. The normalized spacial score (nSPS) is 20.9. The molecule has 2 unspecified atom stereocenters. The van der Waals surface area contributed by atoms with Gasteiger partial charge < -0.3 is 39.4 Å². The zero-order valence-corrected chi connectivity index (χ0v) is 34.7. The highest BCUT2D eigenvalue weighted by Crippen LogP contribution is 2.22. The van der Waals surface area contributed by atoms with Crippen molar-refractivity contribution in [2.75, 3.05) is 19.8 Å². The van der Waals surface area contributed by atoms with Gasteiger partial charge in [0.05, 0.1) is 13.2 Å². The van der Waals surface area contributed by atoms with Crippen LogP contribution in [0.4, 0.5) is 0 Å². The number of rotatable bonds is 36. The first-order valence-corrected chi connectivity index (χ1v) is 22.1. The lowest BCUT2D eigenvalue weighted by Crippen LogP contribution is -2.59. The van der Waals surface area contributed by atoms with Crippen molar-refractivity contribution in [1.82, 2.24) is 0 Å². The second-order valence-electron chi connectivity index (χ2n) is 15.1. The van der Waals surface area contributed by atoms with Gasteiger partial charge in [0, 0.05) is 12.8 Å². The Morgan fingerprint density at radius 2 is 1.04 bits per heavy atom. The Balaban J connectivity index is 2.35. The van der Waals surface area contributed by atoms with Gasteiger partial charge in [-0.2, -0.15) is 0 Å². The molecule has 1 aliphatic rings. The lowest BCUT2D eigenvalue weighted by molar-refractivity contribution is -0.305. The van der Waals surface area contributed by atoms with Crippen LogP contribution >= 0.6 is 0 Å². The summed E-state index contributed by atoms with van der Waals surface area (Å²) in [4.78, 5) is 25.3. The highest BCUT2D eigenvalue weighted by Gasteiger charge is 2.44. The molecule has 0 amide bonds. The molecule has 0 aliphatic carbocycles. The number of aliphatic hydroxyl groups excluding tert-OH is 4. The number of carbonyl (C=O) groups excluding carboxylic acids is 2. The quantitative estimate of drug-likeness (QED) is 0.0275. The number of ether oxygens (including phenoxy) is 4. The molecule has 6 atom stereocenters. The summed E-state index contributed by atoms with van der Waals surface area (Å²) in [7, 11) is 0. The Morgan fingerprint density at radius 3 is 1.58 bits per heavy atom. The van der Waals surface area contributed by atoms with E-state index < -0.39 is 49.4 Å². The van der Waals surface area contributed by atoms with Gasteiger partial charge in [0.1, 0.15) is 31.0 Å². The first-order chi connectivity index (χ1) is 26.8. The summed E-state index contributed by atoms with van der Waals surface area (Å²) in [6, 6.07) is 0. The van der Waals surface area contributed by atoms with Crippen LogP contribution in [0.15, 0.2) is 36.5 Å². The average Bonchev–Trinajstić information content (AvgIpc) is 3.18. The molecule has 10 nitrogen and oxygen atoms in total. The van der Waals surface area contributed by atoms with Crippen LogP contribution in [-0.4, -0.2) is 89.0 Å². The fraction of sp³-hybridized carbons (Fsp3) is 0.822. The number of unbranched alkanes of at least 4 members (excludes halogenated alkanes) is 19. The van der Waals surface area contributed by atoms with Crippen molar-refractivity contribution in [1.29, 1.82) is 0 Å². The maximum absolute atomic E-state index is 12.8. The van der Waals surface area contributed by atoms with Gasteiger partial charge in [-0.25, -0.2) is 0 Å². The molecule has 1 fully saturated rings. The molecular weight excluding hydrogens is 700 g/mol. The molecule has 10 heteroatoms. The van der Waals surface area contributed by atoms with E-state index in [1.165, 1.54) is 83.5 Å². The molecule has 0 aromatic carbocycles. The molecule has 1 heterocycles. The first kappa shape index (κ1) is 50.9. The first-order valence-electron chi connectivity index (χ1n) is 22.1. The number of carbonyl (C=O) groups is 2. The summed E-state index contributed by atoms with van der Waals surface area (Å²) in [5.41, 5.74) is 0. The Labute approximate surface area is 334 Å². The molecule has 1 aliphatic heterocycles. The SMILES string of the molecule is CCCC/C=C/CCCCCCCCCCCC(=O)O[C@@H](COC(=O)CCCCCCC/C=C/C/C=C/CCCCC)CO[C@H]1O[C@@H](CO)[C@@H](O)C(O)C1O. The van der Waals surface area contributed by atoms with Gasteiger partial charge in [-0.05, 0) is 64.2 Å². The Bertz CT molecular complexity index is 996. The molecule has 4 N–H and O–H groups in total. The smallest absolute Gasteiger partial charge is 0.306 e. The number of hydrogen-bond donors (Lipinski definition) is 4. The molecule has 0 aromatic rings. The van der Waals surface area contributed by atoms with Crippen LogP contribution < -0.4 is 0 Å². The van der Waals surface area contributed by atoms with E-state index >= 15 is 0 Å². The lowest BCUT2D eigenvalue weighted by Gasteiger charge is -2.39. The predicted octanol–water partition coefficient (Wildman–Crippen LogP) is 9.11. The fourth-order valence-corrected chi connectivity index (χ4v) is 6.43. The van der Waals surface area contributed by atoms with E-state index in [1.54, 1.807) is 0 Å². The molecule has 0 radical (unpaired) electrons. The van der Waals surface area contributed by atoms with E-state index in [-0.39, 0.29) is 32.0 Å². The van der Waals surface area contributed by atoms with Crippen molar-refractivity contribution in [2.24, 2.45) is 0 Å². The summed E-state index contributed by atoms with van der Waals surface area (Å²) in [5.74, 6) is -0.824. The molecule has 320 valence electrons. The third-order valence-electron chi connectivity index (χ3n) is 10.00. The van der Waals surface area contributed by atoms with Crippen LogP contribution in [0.25, 0.3) is 0 Å². The van der Waals surface area contributed by atoms with E-state index in [9.17, 15) is 30.0 Å². The molecule has 1 rings (SSSR count). The Hall–Kier alpha value is -2.08. The van der Waals surface area contributed by atoms with E-state index in [0.717, 1.165) is 57.8 Å². The van der Waals surface area contributed by atoms with Crippen LogP contribution in [0.1, 0.15) is 181 Å². The third-order valence-corrected chi connectivity index (χ3v) is 10.00. The maximum Gasteiger partial charge on any atom is 0.306 e. The Morgan fingerprint density at radius 1 is 0.564 bits per heavy atom. The monoisotopic (exact) mass is 781 g/mol. The molecule has 0 aromatic heterocycles. The van der Waals surface area contributed by atoms with Crippen molar-refractivity contribution in [3.63, 3.8) is 0 Å². The molecule has 0 spiro atoms. The van der Waals surface area contributed by atoms with E-state index in [1.807, 2.05) is 0 Å². The van der Waals surface area contributed by atoms with Gasteiger partial charge in [0.15, 0.2) is 12.4 Å². The topological polar surface area (TPSA) is 152 Å². The molecule has 0 bridgehead atoms. The van der Waals surface area contributed by atoms with E-state index in [2.05, 4.69) is 50.3 Å². The van der Waals surface area contributed by atoms with Gasteiger partial charge in [-0.1, -0.05) is 140 Å². The highest BCUT2D eigenvalue weighted by molar-refractivity contribution is 5.70. The van der Waals surface area contributed by atoms with Crippen LogP contribution in [0, 0.1) is 0 Å². The number of allylic oxidation sites excluding steroid dienone is 6. The zero-order valence-electron chi connectivity index (χ0n) is 34.7. The predicted molar refractivity (Wildman–Crippen MR) is 219 cm³/mol. The fourth-order valence-electron chi connectivity index (χ4n) is 6.43. The minimum atomic E-state index is -1.60. The average molecular weight is 781 g/mol. The number of esters is 2. The van der Waals surface area contributed by atoms with Crippen LogP contribution in [-0.2, 0) is 28.5 Å². The minimum Gasteiger partial charge on any atom is -0.462 e. The van der Waals surface area contributed by atoms with E-state index in [4.69, 9.17) is 18.9 Å². The summed E-state index contributed by atoms with van der Waals surface area (Å²) in [5, 5.41) is 40.0. The Kier molecular flexibility index (Phi) is 33.6. The van der Waals surface area contributed by atoms with Crippen LogP contribution in [0.3, 0.4) is 0 Å².